The molecule has 140 valence electrons. The van der Waals surface area contributed by atoms with Crippen molar-refractivity contribution in [1.82, 2.24) is 4.31 Å². The lowest BCUT2D eigenvalue weighted by Crippen LogP contribution is -2.41. The molecule has 0 aromatic heterocycles. The summed E-state index contributed by atoms with van der Waals surface area (Å²) in [5, 5.41) is 10.1. The van der Waals surface area contributed by atoms with Crippen molar-refractivity contribution in [2.24, 2.45) is 0 Å². The second-order valence-electron chi connectivity index (χ2n) is 6.11. The first-order valence-corrected chi connectivity index (χ1v) is 9.46. The molecule has 0 aliphatic carbocycles. The molecular weight excluding hydrogens is 391 g/mol. The summed E-state index contributed by atoms with van der Waals surface area (Å²) in [7, 11) is -4.20. The largest absolute Gasteiger partial charge is 0.397 e. The van der Waals surface area contributed by atoms with E-state index in [4.69, 9.17) is 11.6 Å². The number of halogens is 4. The van der Waals surface area contributed by atoms with E-state index in [2.05, 4.69) is 0 Å². The minimum absolute atomic E-state index is 0.0946. The molecule has 2 aromatic carbocycles. The summed E-state index contributed by atoms with van der Waals surface area (Å²) >= 11 is 5.73. The van der Waals surface area contributed by atoms with Crippen molar-refractivity contribution in [3.63, 3.8) is 0 Å². The van der Waals surface area contributed by atoms with E-state index in [1.807, 2.05) is 0 Å². The highest BCUT2D eigenvalue weighted by molar-refractivity contribution is 7.89. The number of rotatable bonds is 5. The first kappa shape index (κ1) is 19.2. The van der Waals surface area contributed by atoms with Crippen LogP contribution < -0.4 is 0 Å². The van der Waals surface area contributed by atoms with Gasteiger partial charge in [-0.3, -0.25) is 0 Å². The quantitative estimate of drug-likeness (QED) is 0.775. The summed E-state index contributed by atoms with van der Waals surface area (Å²) in [5.41, 5.74) is -2.05. The average Bonchev–Trinajstić information content (AvgIpc) is 3.31. The van der Waals surface area contributed by atoms with Crippen LogP contribution in [0.1, 0.15) is 11.5 Å². The number of nitrogens with zero attached hydrogens (tertiary/aromatic N) is 1. The maximum Gasteiger partial charge on any atom is 0.397 e. The van der Waals surface area contributed by atoms with E-state index in [9.17, 15) is 26.7 Å². The molecule has 0 radical (unpaired) electrons. The first-order chi connectivity index (χ1) is 12.1. The molecule has 4 nitrogen and oxygen atoms in total. The van der Waals surface area contributed by atoms with Gasteiger partial charge in [-0.1, -0.05) is 41.9 Å². The topological polar surface area (TPSA) is 57.4 Å². The third-order valence-electron chi connectivity index (χ3n) is 4.48. The van der Waals surface area contributed by atoms with E-state index in [0.29, 0.717) is 9.33 Å². The van der Waals surface area contributed by atoms with Gasteiger partial charge >= 0.3 is 6.18 Å². The van der Waals surface area contributed by atoms with Gasteiger partial charge in [-0.2, -0.15) is 17.5 Å². The lowest BCUT2D eigenvalue weighted by molar-refractivity contribution is -0.162. The lowest BCUT2D eigenvalue weighted by atomic mass is 9.85. The summed E-state index contributed by atoms with van der Waals surface area (Å²) in [6.45, 7) is -1.37. The van der Waals surface area contributed by atoms with Crippen molar-refractivity contribution < 1.29 is 26.7 Å². The molecule has 0 bridgehead atoms. The standard InChI is InChI=1S/C17H15ClF3NO3S/c18-13-6-8-14(9-7-13)26(24,25)22-10-16(22,11-23)15(17(19,20)21)12-4-2-1-3-5-12/h1-9,15,23H,10-11H2/t15-,16+,22?/m1/s1. The SMILES string of the molecule is O=S(=O)(c1ccc(Cl)cc1)N1C[C@]1(CO)[C@@H](c1ccccc1)C(F)(F)F. The number of sulfonamides is 1. The first-order valence-electron chi connectivity index (χ1n) is 7.64. The van der Waals surface area contributed by atoms with Gasteiger partial charge in [0.2, 0.25) is 10.0 Å². The number of aliphatic hydroxyl groups is 1. The fourth-order valence-electron chi connectivity index (χ4n) is 3.18. The van der Waals surface area contributed by atoms with Gasteiger partial charge in [-0.25, -0.2) is 8.42 Å². The zero-order valence-corrected chi connectivity index (χ0v) is 14.9. The Hall–Kier alpha value is -1.61. The van der Waals surface area contributed by atoms with Gasteiger partial charge in [0.15, 0.2) is 0 Å². The van der Waals surface area contributed by atoms with Gasteiger partial charge in [0.1, 0.15) is 5.92 Å². The Kier molecular flexibility index (Phi) is 4.81. The fourth-order valence-corrected chi connectivity index (χ4v) is 5.07. The second kappa shape index (κ2) is 6.53. The minimum Gasteiger partial charge on any atom is -0.394 e. The third kappa shape index (κ3) is 3.22. The molecule has 1 saturated heterocycles. The smallest absolute Gasteiger partial charge is 0.394 e. The summed E-state index contributed by atoms with van der Waals surface area (Å²) < 4.78 is 67.6. The van der Waals surface area contributed by atoms with Crippen LogP contribution >= 0.6 is 11.6 Å². The predicted molar refractivity (Wildman–Crippen MR) is 90.4 cm³/mol. The number of hydrogen-bond acceptors (Lipinski definition) is 3. The Bertz CT molecular complexity index is 888. The summed E-state index contributed by atoms with van der Waals surface area (Å²) in [5.74, 6) is -2.14. The zero-order valence-electron chi connectivity index (χ0n) is 13.3. The molecule has 1 unspecified atom stereocenters. The molecule has 1 heterocycles. The maximum absolute atomic E-state index is 13.8. The average molecular weight is 406 g/mol. The van der Waals surface area contributed by atoms with Gasteiger partial charge in [-0.05, 0) is 29.8 Å². The van der Waals surface area contributed by atoms with Crippen LogP contribution in [0.15, 0.2) is 59.5 Å². The third-order valence-corrected chi connectivity index (χ3v) is 6.68. The number of benzene rings is 2. The minimum atomic E-state index is -4.73. The fraction of sp³-hybridized carbons (Fsp3) is 0.294. The van der Waals surface area contributed by atoms with Crippen LogP contribution in [0, 0.1) is 0 Å². The van der Waals surface area contributed by atoms with Crippen molar-refractivity contribution in [3.8, 4) is 0 Å². The van der Waals surface area contributed by atoms with Crippen molar-refractivity contribution in [2.75, 3.05) is 13.2 Å². The van der Waals surface area contributed by atoms with Gasteiger partial charge in [0.05, 0.1) is 17.0 Å². The van der Waals surface area contributed by atoms with Crippen molar-refractivity contribution in [2.45, 2.75) is 22.5 Å². The highest BCUT2D eigenvalue weighted by Gasteiger charge is 2.69. The molecule has 2 aromatic rings. The number of aliphatic hydroxyl groups excluding tert-OH is 1. The molecule has 1 fully saturated rings. The van der Waals surface area contributed by atoms with Gasteiger partial charge in [0.25, 0.3) is 0 Å². The number of hydrogen-bond donors (Lipinski definition) is 1. The predicted octanol–water partition coefficient (Wildman–Crippen LogP) is 3.42. The van der Waals surface area contributed by atoms with E-state index in [1.54, 1.807) is 6.07 Å². The lowest BCUT2D eigenvalue weighted by Gasteiger charge is -2.28. The Morgan fingerprint density at radius 2 is 1.69 bits per heavy atom. The van der Waals surface area contributed by atoms with E-state index in [-0.39, 0.29) is 10.5 Å². The van der Waals surface area contributed by atoms with Crippen molar-refractivity contribution in [1.29, 1.82) is 0 Å². The van der Waals surface area contributed by atoms with E-state index < -0.39 is 40.8 Å². The molecule has 1 aliphatic rings. The van der Waals surface area contributed by atoms with E-state index >= 15 is 0 Å². The normalized spacial score (nSPS) is 24.3. The molecule has 1 aliphatic heterocycles. The van der Waals surface area contributed by atoms with E-state index in [1.165, 1.54) is 48.5 Å². The highest BCUT2D eigenvalue weighted by Crippen LogP contribution is 2.54. The molecule has 26 heavy (non-hydrogen) atoms. The molecule has 9 heteroatoms. The van der Waals surface area contributed by atoms with Crippen LogP contribution in [0.4, 0.5) is 13.2 Å². The van der Waals surface area contributed by atoms with Gasteiger partial charge < -0.3 is 5.11 Å². The molecule has 3 atom stereocenters. The summed E-state index contributed by atoms with van der Waals surface area (Å²) in [6, 6.07) is 12.2. The van der Waals surface area contributed by atoms with Crippen molar-refractivity contribution >= 4 is 21.6 Å². The number of alkyl halides is 3. The Morgan fingerprint density at radius 3 is 2.19 bits per heavy atom. The summed E-state index contributed by atoms with van der Waals surface area (Å²) in [6.07, 6.45) is -4.73. The van der Waals surface area contributed by atoms with E-state index in [0.717, 1.165) is 0 Å². The Morgan fingerprint density at radius 1 is 1.12 bits per heavy atom. The van der Waals surface area contributed by atoms with Crippen LogP contribution in [0.2, 0.25) is 5.02 Å². The second-order valence-corrected chi connectivity index (χ2v) is 8.41. The van der Waals surface area contributed by atoms with Crippen LogP contribution in [0.5, 0.6) is 0 Å². The Labute approximate surface area is 153 Å². The maximum atomic E-state index is 13.8. The highest BCUT2D eigenvalue weighted by atomic mass is 35.5. The molecule has 0 amide bonds. The molecule has 0 saturated carbocycles. The van der Waals surface area contributed by atoms with Crippen LogP contribution in [-0.4, -0.2) is 42.7 Å². The molecule has 0 spiro atoms. The molecule has 1 N–H and O–H groups in total. The van der Waals surface area contributed by atoms with Gasteiger partial charge in [-0.15, -0.1) is 0 Å². The van der Waals surface area contributed by atoms with Crippen LogP contribution in [-0.2, 0) is 10.0 Å². The van der Waals surface area contributed by atoms with Gasteiger partial charge in [0, 0.05) is 11.6 Å². The summed E-state index contributed by atoms with van der Waals surface area (Å²) in [4.78, 5) is -0.175. The Balaban J connectivity index is 2.04. The van der Waals surface area contributed by atoms with Crippen molar-refractivity contribution in [3.05, 3.63) is 65.2 Å². The van der Waals surface area contributed by atoms with Crippen LogP contribution in [0.25, 0.3) is 0 Å². The van der Waals surface area contributed by atoms with Crippen LogP contribution in [0.3, 0.4) is 0 Å². The zero-order chi connectivity index (χ0) is 19.2. The molecular formula is C17H15ClF3NO3S. The monoisotopic (exact) mass is 405 g/mol. The molecule has 3 rings (SSSR count).